The molecule has 21 heavy (non-hydrogen) atoms. The van der Waals surface area contributed by atoms with Crippen LogP contribution in [-0.4, -0.2) is 31.0 Å². The summed E-state index contributed by atoms with van der Waals surface area (Å²) in [5, 5.41) is 5.93. The third-order valence-corrected chi connectivity index (χ3v) is 3.85. The Labute approximate surface area is 141 Å². The molecule has 2 rings (SSSR count). The van der Waals surface area contributed by atoms with Crippen molar-refractivity contribution in [3.05, 3.63) is 46.4 Å². The van der Waals surface area contributed by atoms with Crippen molar-refractivity contribution in [2.75, 3.05) is 25.1 Å². The lowest BCUT2D eigenvalue weighted by molar-refractivity contribution is 0.0945. The molecule has 0 fully saturated rings. The lowest BCUT2D eigenvalue weighted by Gasteiger charge is -2.07. The number of fused-ring (bicyclic) bond motifs is 1. The van der Waals surface area contributed by atoms with Gasteiger partial charge >= 0.3 is 0 Å². The average Bonchev–Trinajstić information content (AvgIpc) is 2.50. The van der Waals surface area contributed by atoms with Gasteiger partial charge in [0.25, 0.3) is 5.91 Å². The van der Waals surface area contributed by atoms with E-state index in [0.717, 1.165) is 27.0 Å². The Balaban J connectivity index is 1.89. The molecule has 2 aromatic carbocycles. The minimum atomic E-state index is -0.0414. The molecule has 0 aliphatic rings. The van der Waals surface area contributed by atoms with Crippen LogP contribution in [0.25, 0.3) is 10.8 Å². The summed E-state index contributed by atoms with van der Waals surface area (Å²) in [6.45, 7) is 1.99. The molecule has 5 heteroatoms. The number of carbonyl (C=O) groups excluding carboxylic acids is 1. The van der Waals surface area contributed by atoms with Crippen LogP contribution in [0, 0.1) is 0 Å². The summed E-state index contributed by atoms with van der Waals surface area (Å²) in [5.74, 6) is -0.0414. The van der Waals surface area contributed by atoms with Gasteiger partial charge in [-0.2, -0.15) is 0 Å². The van der Waals surface area contributed by atoms with Crippen LogP contribution in [0.5, 0.6) is 0 Å². The smallest absolute Gasteiger partial charge is 0.251 e. The van der Waals surface area contributed by atoms with E-state index >= 15 is 0 Å². The number of alkyl halides is 1. The van der Waals surface area contributed by atoms with Crippen LogP contribution >= 0.6 is 31.9 Å². The first kappa shape index (κ1) is 16.5. The molecule has 2 aromatic rings. The fraction of sp³-hybridized carbons (Fsp3) is 0.312. The fourth-order valence-electron chi connectivity index (χ4n) is 1.99. The van der Waals surface area contributed by atoms with Gasteiger partial charge in [0.1, 0.15) is 0 Å². The van der Waals surface area contributed by atoms with E-state index in [-0.39, 0.29) is 5.91 Å². The molecule has 0 saturated carbocycles. The maximum absolute atomic E-state index is 12.1. The second-order valence-electron chi connectivity index (χ2n) is 4.62. The van der Waals surface area contributed by atoms with Crippen molar-refractivity contribution >= 4 is 48.5 Å². The quantitative estimate of drug-likeness (QED) is 0.546. The third kappa shape index (κ3) is 5.09. The fourth-order valence-corrected chi connectivity index (χ4v) is 2.60. The Morgan fingerprint density at radius 1 is 1.10 bits per heavy atom. The zero-order valence-electron chi connectivity index (χ0n) is 11.6. The van der Waals surface area contributed by atoms with Gasteiger partial charge in [0.15, 0.2) is 0 Å². The zero-order valence-corrected chi connectivity index (χ0v) is 14.7. The molecule has 0 spiro atoms. The van der Waals surface area contributed by atoms with E-state index in [9.17, 15) is 4.79 Å². The minimum Gasteiger partial charge on any atom is -0.381 e. The van der Waals surface area contributed by atoms with Crippen LogP contribution < -0.4 is 5.32 Å². The number of carbonyl (C=O) groups is 1. The molecule has 112 valence electrons. The molecule has 0 bridgehead atoms. The zero-order chi connectivity index (χ0) is 15.1. The second-order valence-corrected chi connectivity index (χ2v) is 6.33. The summed E-state index contributed by atoms with van der Waals surface area (Å²) >= 11 is 6.74. The average molecular weight is 415 g/mol. The summed E-state index contributed by atoms with van der Waals surface area (Å²) in [6.07, 6.45) is 0.819. The topological polar surface area (TPSA) is 38.3 Å². The van der Waals surface area contributed by atoms with E-state index in [1.165, 1.54) is 0 Å². The van der Waals surface area contributed by atoms with Crippen molar-refractivity contribution in [3.63, 3.8) is 0 Å². The normalized spacial score (nSPS) is 10.8. The number of hydrogen-bond acceptors (Lipinski definition) is 2. The van der Waals surface area contributed by atoms with Gasteiger partial charge in [-0.3, -0.25) is 4.79 Å². The number of hydrogen-bond donors (Lipinski definition) is 1. The number of rotatable bonds is 7. The highest BCUT2D eigenvalue weighted by Crippen LogP contribution is 2.20. The first-order chi connectivity index (χ1) is 10.2. The van der Waals surface area contributed by atoms with Gasteiger partial charge < -0.3 is 10.1 Å². The predicted molar refractivity (Wildman–Crippen MR) is 93.2 cm³/mol. The monoisotopic (exact) mass is 413 g/mol. The molecule has 0 heterocycles. The van der Waals surface area contributed by atoms with Crippen molar-refractivity contribution in [1.29, 1.82) is 0 Å². The molecule has 3 nitrogen and oxygen atoms in total. The van der Waals surface area contributed by atoms with E-state index in [4.69, 9.17) is 4.74 Å². The van der Waals surface area contributed by atoms with Crippen LogP contribution in [0.4, 0.5) is 0 Å². The Bertz CT molecular complexity index is 616. The molecule has 0 aliphatic carbocycles. The lowest BCUT2D eigenvalue weighted by atomic mass is 10.1. The first-order valence-electron chi connectivity index (χ1n) is 6.82. The molecule has 0 radical (unpaired) electrons. The summed E-state index contributed by atoms with van der Waals surface area (Å²) in [4.78, 5) is 12.1. The van der Waals surface area contributed by atoms with Crippen LogP contribution in [0.1, 0.15) is 16.8 Å². The number of nitrogens with one attached hydrogen (secondary N) is 1. The molecule has 1 N–H and O–H groups in total. The van der Waals surface area contributed by atoms with E-state index in [0.29, 0.717) is 25.3 Å². The molecule has 0 atom stereocenters. The molecule has 0 aromatic heterocycles. The van der Waals surface area contributed by atoms with E-state index in [2.05, 4.69) is 37.2 Å². The van der Waals surface area contributed by atoms with E-state index in [1.807, 2.05) is 36.4 Å². The van der Waals surface area contributed by atoms with E-state index < -0.39 is 0 Å². The van der Waals surface area contributed by atoms with Gasteiger partial charge in [0.2, 0.25) is 0 Å². The Morgan fingerprint density at radius 3 is 2.67 bits per heavy atom. The Kier molecular flexibility index (Phi) is 6.67. The van der Waals surface area contributed by atoms with Crippen molar-refractivity contribution in [1.82, 2.24) is 5.32 Å². The Hall–Kier alpha value is -0.910. The summed E-state index contributed by atoms with van der Waals surface area (Å²) in [5.41, 5.74) is 0.686. The number of benzene rings is 2. The highest BCUT2D eigenvalue weighted by molar-refractivity contribution is 9.10. The number of halogens is 2. The van der Waals surface area contributed by atoms with Crippen molar-refractivity contribution in [2.45, 2.75) is 6.42 Å². The van der Waals surface area contributed by atoms with Crippen molar-refractivity contribution in [2.24, 2.45) is 0 Å². The first-order valence-corrected chi connectivity index (χ1v) is 8.73. The highest BCUT2D eigenvalue weighted by atomic mass is 79.9. The van der Waals surface area contributed by atoms with Crippen molar-refractivity contribution in [3.8, 4) is 0 Å². The van der Waals surface area contributed by atoms with Gasteiger partial charge in [-0.25, -0.2) is 0 Å². The molecule has 0 unspecified atom stereocenters. The minimum absolute atomic E-state index is 0.0414. The molecular formula is C16H17Br2NO2. The van der Waals surface area contributed by atoms with Crippen LogP contribution in [-0.2, 0) is 4.74 Å². The molecule has 0 saturated heterocycles. The molecule has 0 aliphatic heterocycles. The van der Waals surface area contributed by atoms with Gasteiger partial charge in [-0.05, 0) is 41.5 Å². The Morgan fingerprint density at radius 2 is 1.86 bits per heavy atom. The van der Waals surface area contributed by atoms with Gasteiger partial charge in [-0.1, -0.05) is 44.0 Å². The highest BCUT2D eigenvalue weighted by Gasteiger charge is 2.05. The second kappa shape index (κ2) is 8.51. The maximum atomic E-state index is 12.1. The molecule has 1 amide bonds. The SMILES string of the molecule is O=C(NCCCOCCBr)c1ccc2cc(Br)ccc2c1. The van der Waals surface area contributed by atoms with Crippen LogP contribution in [0.2, 0.25) is 0 Å². The van der Waals surface area contributed by atoms with Gasteiger partial charge in [0.05, 0.1) is 6.61 Å². The summed E-state index contributed by atoms with van der Waals surface area (Å²) < 4.78 is 6.37. The summed E-state index contributed by atoms with van der Waals surface area (Å²) in [6, 6.07) is 11.8. The van der Waals surface area contributed by atoms with Crippen molar-refractivity contribution < 1.29 is 9.53 Å². The van der Waals surface area contributed by atoms with E-state index in [1.54, 1.807) is 0 Å². The van der Waals surface area contributed by atoms with Crippen LogP contribution in [0.3, 0.4) is 0 Å². The van der Waals surface area contributed by atoms with Gasteiger partial charge in [-0.15, -0.1) is 0 Å². The largest absolute Gasteiger partial charge is 0.381 e. The summed E-state index contributed by atoms with van der Waals surface area (Å²) in [7, 11) is 0. The number of amides is 1. The maximum Gasteiger partial charge on any atom is 0.251 e. The number of ether oxygens (including phenoxy) is 1. The van der Waals surface area contributed by atoms with Crippen LogP contribution in [0.15, 0.2) is 40.9 Å². The van der Waals surface area contributed by atoms with Gasteiger partial charge in [0, 0.05) is 28.5 Å². The molecular weight excluding hydrogens is 398 g/mol. The lowest BCUT2D eigenvalue weighted by Crippen LogP contribution is -2.25. The third-order valence-electron chi connectivity index (χ3n) is 3.04. The standard InChI is InChI=1S/C16H17Br2NO2/c17-6-9-21-8-1-7-19-16(20)14-3-2-13-11-15(18)5-4-12(13)10-14/h2-5,10-11H,1,6-9H2,(H,19,20). The predicted octanol–water partition coefficient (Wildman–Crippen LogP) is 4.13.